The molecule has 2 heteroatoms. The second-order valence-electron chi connectivity index (χ2n) is 5.68. The van der Waals surface area contributed by atoms with E-state index in [-0.39, 0.29) is 11.5 Å². The average Bonchev–Trinajstić information content (AvgIpc) is 2.02. The quantitative estimate of drug-likeness (QED) is 0.467. The van der Waals surface area contributed by atoms with Crippen LogP contribution < -0.4 is 0 Å². The van der Waals surface area contributed by atoms with Crippen LogP contribution in [0.15, 0.2) is 4.99 Å². The third-order valence-electron chi connectivity index (χ3n) is 3.41. The van der Waals surface area contributed by atoms with E-state index in [1.165, 1.54) is 12.8 Å². The molecule has 3 atom stereocenters. The molecule has 2 nitrogen and oxygen atoms in total. The highest BCUT2D eigenvalue weighted by atomic mass is 16.1. The summed E-state index contributed by atoms with van der Waals surface area (Å²) in [7, 11) is 0. The zero-order valence-electron chi connectivity index (χ0n) is 9.71. The third kappa shape index (κ3) is 2.68. The minimum atomic E-state index is 0.205. The van der Waals surface area contributed by atoms with Gasteiger partial charge < -0.3 is 0 Å². The molecule has 1 fully saturated rings. The highest BCUT2D eigenvalue weighted by Gasteiger charge is 2.36. The lowest BCUT2D eigenvalue weighted by Gasteiger charge is -2.39. The molecular formula is C12H21NO. The maximum Gasteiger partial charge on any atom is 0.235 e. The molecule has 0 radical (unpaired) electrons. The Morgan fingerprint density at radius 1 is 1.29 bits per heavy atom. The van der Waals surface area contributed by atoms with E-state index in [1.54, 1.807) is 6.08 Å². The van der Waals surface area contributed by atoms with Gasteiger partial charge in [-0.25, -0.2) is 9.79 Å². The highest BCUT2D eigenvalue weighted by molar-refractivity contribution is 5.33. The number of isocyanates is 1. The second-order valence-corrected chi connectivity index (χ2v) is 5.68. The lowest BCUT2D eigenvalue weighted by molar-refractivity contribution is 0.130. The molecule has 0 spiro atoms. The molecule has 3 unspecified atom stereocenters. The van der Waals surface area contributed by atoms with Gasteiger partial charge >= 0.3 is 0 Å². The first-order valence-corrected chi connectivity index (χ1v) is 5.52. The molecule has 0 bridgehead atoms. The van der Waals surface area contributed by atoms with Gasteiger partial charge in [-0.2, -0.15) is 0 Å². The van der Waals surface area contributed by atoms with Gasteiger partial charge in [0.15, 0.2) is 0 Å². The van der Waals surface area contributed by atoms with Crippen molar-refractivity contribution < 1.29 is 4.79 Å². The summed E-state index contributed by atoms with van der Waals surface area (Å²) in [5.74, 6) is 1.25. The van der Waals surface area contributed by atoms with E-state index in [0.717, 1.165) is 6.42 Å². The van der Waals surface area contributed by atoms with Crippen molar-refractivity contribution in [3.63, 3.8) is 0 Å². The van der Waals surface area contributed by atoms with Crippen LogP contribution in [0, 0.1) is 17.3 Å². The topological polar surface area (TPSA) is 29.4 Å². The third-order valence-corrected chi connectivity index (χ3v) is 3.41. The number of aliphatic imine (C=N–C) groups is 1. The zero-order valence-corrected chi connectivity index (χ0v) is 9.71. The minimum absolute atomic E-state index is 0.205. The van der Waals surface area contributed by atoms with Gasteiger partial charge in [0.2, 0.25) is 6.08 Å². The van der Waals surface area contributed by atoms with E-state index in [4.69, 9.17) is 0 Å². The van der Waals surface area contributed by atoms with Gasteiger partial charge in [0, 0.05) is 0 Å². The van der Waals surface area contributed by atoms with Gasteiger partial charge in [0.1, 0.15) is 0 Å². The Morgan fingerprint density at radius 2 is 1.93 bits per heavy atom. The number of hydrogen-bond donors (Lipinski definition) is 0. The molecule has 1 aliphatic carbocycles. The summed E-state index contributed by atoms with van der Waals surface area (Å²) in [6.45, 7) is 8.95. The fourth-order valence-corrected chi connectivity index (χ4v) is 2.57. The molecule has 0 heterocycles. The van der Waals surface area contributed by atoms with Crippen LogP contribution in [0.1, 0.15) is 47.0 Å². The van der Waals surface area contributed by atoms with Gasteiger partial charge in [0.05, 0.1) is 6.04 Å². The van der Waals surface area contributed by atoms with E-state index in [9.17, 15) is 4.79 Å². The Hall–Kier alpha value is -0.620. The van der Waals surface area contributed by atoms with Crippen molar-refractivity contribution in [2.24, 2.45) is 22.2 Å². The molecule has 0 aromatic rings. The van der Waals surface area contributed by atoms with Gasteiger partial charge in [-0.1, -0.05) is 34.1 Å². The summed E-state index contributed by atoms with van der Waals surface area (Å²) in [6.07, 6.45) is 5.25. The van der Waals surface area contributed by atoms with Crippen molar-refractivity contribution >= 4 is 6.08 Å². The number of carbonyl (C=O) groups excluding carboxylic acids is 1. The normalized spacial score (nSPS) is 33.6. The van der Waals surface area contributed by atoms with E-state index >= 15 is 0 Å². The highest BCUT2D eigenvalue weighted by Crippen LogP contribution is 2.41. The van der Waals surface area contributed by atoms with E-state index < -0.39 is 0 Å². The van der Waals surface area contributed by atoms with Gasteiger partial charge in [-0.15, -0.1) is 0 Å². The molecule has 0 aromatic carbocycles. The first-order chi connectivity index (χ1) is 6.45. The monoisotopic (exact) mass is 195 g/mol. The van der Waals surface area contributed by atoms with Crippen LogP contribution in [0.4, 0.5) is 0 Å². The van der Waals surface area contributed by atoms with Crippen LogP contribution in [-0.2, 0) is 4.79 Å². The first kappa shape index (κ1) is 11.5. The minimum Gasteiger partial charge on any atom is -0.211 e. The molecule has 0 aliphatic heterocycles. The van der Waals surface area contributed by atoms with Crippen LogP contribution in [0.5, 0.6) is 0 Å². The zero-order chi connectivity index (χ0) is 10.8. The van der Waals surface area contributed by atoms with Crippen molar-refractivity contribution in [3.05, 3.63) is 0 Å². The summed E-state index contributed by atoms with van der Waals surface area (Å²) in [4.78, 5) is 14.3. The smallest absolute Gasteiger partial charge is 0.211 e. The van der Waals surface area contributed by atoms with Crippen molar-refractivity contribution in [2.45, 2.75) is 53.0 Å². The largest absolute Gasteiger partial charge is 0.235 e. The predicted molar refractivity (Wildman–Crippen MR) is 57.9 cm³/mol. The van der Waals surface area contributed by atoms with Gasteiger partial charge in [-0.3, -0.25) is 0 Å². The lowest BCUT2D eigenvalue weighted by atomic mass is 9.67. The van der Waals surface area contributed by atoms with Crippen LogP contribution in [0.3, 0.4) is 0 Å². The number of hydrogen-bond acceptors (Lipinski definition) is 2. The molecule has 0 aromatic heterocycles. The maximum atomic E-state index is 10.4. The van der Waals surface area contributed by atoms with Crippen molar-refractivity contribution in [2.75, 3.05) is 0 Å². The fraction of sp³-hybridized carbons (Fsp3) is 0.917. The Balaban J connectivity index is 2.77. The molecule has 0 N–H and O–H groups in total. The number of rotatable bonds is 1. The molecule has 1 saturated carbocycles. The summed E-state index contributed by atoms with van der Waals surface area (Å²) < 4.78 is 0. The van der Waals surface area contributed by atoms with Crippen molar-refractivity contribution in [1.82, 2.24) is 0 Å². The van der Waals surface area contributed by atoms with E-state index in [0.29, 0.717) is 11.8 Å². The predicted octanol–water partition coefficient (Wildman–Crippen LogP) is 3.17. The maximum absolute atomic E-state index is 10.4. The van der Waals surface area contributed by atoms with Gasteiger partial charge in [0.25, 0.3) is 0 Å². The Bertz CT molecular complexity index is 235. The summed E-state index contributed by atoms with van der Waals surface area (Å²) in [5, 5.41) is 0. The summed E-state index contributed by atoms with van der Waals surface area (Å²) in [6, 6.07) is 0.205. The van der Waals surface area contributed by atoms with E-state index in [2.05, 4.69) is 32.7 Å². The molecule has 0 amide bonds. The summed E-state index contributed by atoms with van der Waals surface area (Å²) >= 11 is 0. The SMILES string of the molecule is CC1CCC(C(C)(C)C)C(N=C=O)C1. The Labute approximate surface area is 86.8 Å². The van der Waals surface area contributed by atoms with Crippen LogP contribution >= 0.6 is 0 Å². The Morgan fingerprint density at radius 3 is 2.43 bits per heavy atom. The van der Waals surface area contributed by atoms with E-state index in [1.807, 2.05) is 0 Å². The standard InChI is InChI=1S/C12H21NO/c1-9-5-6-10(12(2,3)4)11(7-9)13-8-14/h9-11H,5-7H2,1-4H3. The van der Waals surface area contributed by atoms with Crippen LogP contribution in [0.25, 0.3) is 0 Å². The molecule has 1 aliphatic rings. The molecule has 14 heavy (non-hydrogen) atoms. The van der Waals surface area contributed by atoms with Crippen molar-refractivity contribution in [3.8, 4) is 0 Å². The summed E-state index contributed by atoms with van der Waals surface area (Å²) in [5.41, 5.74) is 0.255. The fourth-order valence-electron chi connectivity index (χ4n) is 2.57. The van der Waals surface area contributed by atoms with Crippen LogP contribution in [0.2, 0.25) is 0 Å². The first-order valence-electron chi connectivity index (χ1n) is 5.52. The molecule has 0 saturated heterocycles. The molecular weight excluding hydrogens is 174 g/mol. The Kier molecular flexibility index (Phi) is 3.49. The second kappa shape index (κ2) is 4.27. The molecule has 80 valence electrons. The van der Waals surface area contributed by atoms with Gasteiger partial charge in [-0.05, 0) is 30.1 Å². The van der Waals surface area contributed by atoms with Crippen molar-refractivity contribution in [1.29, 1.82) is 0 Å². The average molecular weight is 195 g/mol. The lowest BCUT2D eigenvalue weighted by Crippen LogP contribution is -2.36. The number of nitrogens with zero attached hydrogens (tertiary/aromatic N) is 1. The van der Waals surface area contributed by atoms with Crippen LogP contribution in [-0.4, -0.2) is 12.1 Å². The molecule has 1 rings (SSSR count).